The Hall–Kier alpha value is -1.57. The van der Waals surface area contributed by atoms with Crippen molar-refractivity contribution in [2.24, 2.45) is 0 Å². The van der Waals surface area contributed by atoms with E-state index in [4.69, 9.17) is 4.74 Å². The van der Waals surface area contributed by atoms with Crippen LogP contribution in [0.1, 0.15) is 29.9 Å². The highest BCUT2D eigenvalue weighted by Crippen LogP contribution is 2.34. The number of methoxy groups -OCH3 is 1. The highest BCUT2D eigenvalue weighted by Gasteiger charge is 2.26. The molecule has 0 radical (unpaired) electrons. The van der Waals surface area contributed by atoms with Gasteiger partial charge in [-0.3, -0.25) is 4.79 Å². The van der Waals surface area contributed by atoms with E-state index < -0.39 is 0 Å². The summed E-state index contributed by atoms with van der Waals surface area (Å²) in [6.45, 7) is 3.72. The number of carbonyl (C=O) groups is 1. The smallest absolute Gasteiger partial charge is 0.140 e. The second kappa shape index (κ2) is 4.52. The maximum absolute atomic E-state index is 11.9. The SMILES string of the molecule is C=CCC1C(=O)CCc2ccc(OC)cc21. The molecule has 0 saturated heterocycles. The Balaban J connectivity index is 2.43. The van der Waals surface area contributed by atoms with Crippen molar-refractivity contribution in [1.82, 2.24) is 0 Å². The molecule has 1 atom stereocenters. The summed E-state index contributed by atoms with van der Waals surface area (Å²) in [5.41, 5.74) is 2.39. The molecule has 16 heavy (non-hydrogen) atoms. The molecule has 2 heteroatoms. The molecule has 0 bridgehead atoms. The fraction of sp³-hybridized carbons (Fsp3) is 0.357. The predicted octanol–water partition coefficient (Wildman–Crippen LogP) is 2.87. The lowest BCUT2D eigenvalue weighted by atomic mass is 9.80. The second-order valence-electron chi connectivity index (χ2n) is 4.11. The molecule has 1 aromatic rings. The molecule has 1 aromatic carbocycles. The zero-order valence-corrected chi connectivity index (χ0v) is 9.53. The predicted molar refractivity (Wildman–Crippen MR) is 63.9 cm³/mol. The molecule has 84 valence electrons. The molecule has 1 aliphatic carbocycles. The molecule has 0 saturated carbocycles. The summed E-state index contributed by atoms with van der Waals surface area (Å²) in [6, 6.07) is 6.01. The summed E-state index contributed by atoms with van der Waals surface area (Å²) in [4.78, 5) is 11.9. The zero-order valence-electron chi connectivity index (χ0n) is 9.53. The van der Waals surface area contributed by atoms with Crippen molar-refractivity contribution in [2.75, 3.05) is 7.11 Å². The van der Waals surface area contributed by atoms with Crippen LogP contribution in [0.2, 0.25) is 0 Å². The van der Waals surface area contributed by atoms with E-state index in [9.17, 15) is 4.79 Å². The molecule has 2 nitrogen and oxygen atoms in total. The number of hydrogen-bond donors (Lipinski definition) is 0. The van der Waals surface area contributed by atoms with E-state index in [0.29, 0.717) is 12.2 Å². The number of benzene rings is 1. The first-order valence-corrected chi connectivity index (χ1v) is 5.56. The van der Waals surface area contributed by atoms with Gasteiger partial charge in [0.05, 0.1) is 7.11 Å². The third-order valence-corrected chi connectivity index (χ3v) is 3.16. The Morgan fingerprint density at radius 2 is 2.31 bits per heavy atom. The molecular formula is C14H16O2. The third-order valence-electron chi connectivity index (χ3n) is 3.16. The fourth-order valence-corrected chi connectivity index (χ4v) is 2.28. The minimum atomic E-state index is -0.0173. The average molecular weight is 216 g/mol. The summed E-state index contributed by atoms with van der Waals surface area (Å²) < 4.78 is 5.20. The minimum absolute atomic E-state index is 0.0173. The van der Waals surface area contributed by atoms with Crippen molar-refractivity contribution in [3.8, 4) is 5.75 Å². The first-order chi connectivity index (χ1) is 7.76. The van der Waals surface area contributed by atoms with Crippen LogP contribution in [0.5, 0.6) is 5.75 Å². The highest BCUT2D eigenvalue weighted by molar-refractivity contribution is 5.88. The van der Waals surface area contributed by atoms with Gasteiger partial charge in [0.1, 0.15) is 11.5 Å². The number of fused-ring (bicyclic) bond motifs is 1. The lowest BCUT2D eigenvalue weighted by molar-refractivity contribution is -0.120. The van der Waals surface area contributed by atoms with Gasteiger partial charge >= 0.3 is 0 Å². The van der Waals surface area contributed by atoms with E-state index >= 15 is 0 Å². The Morgan fingerprint density at radius 3 is 3.00 bits per heavy atom. The van der Waals surface area contributed by atoms with Crippen LogP contribution in [0.4, 0.5) is 0 Å². The molecule has 1 aliphatic rings. The maximum atomic E-state index is 11.9. The van der Waals surface area contributed by atoms with Crippen LogP contribution in [0.25, 0.3) is 0 Å². The number of hydrogen-bond acceptors (Lipinski definition) is 2. The molecule has 1 unspecified atom stereocenters. The normalized spacial score (nSPS) is 19.1. The van der Waals surface area contributed by atoms with Crippen LogP contribution in [-0.2, 0) is 11.2 Å². The van der Waals surface area contributed by atoms with Crippen LogP contribution in [0, 0.1) is 0 Å². The molecule has 0 fully saturated rings. The highest BCUT2D eigenvalue weighted by atomic mass is 16.5. The van der Waals surface area contributed by atoms with Crippen LogP contribution in [-0.4, -0.2) is 12.9 Å². The number of carbonyl (C=O) groups excluding carboxylic acids is 1. The van der Waals surface area contributed by atoms with Crippen LogP contribution < -0.4 is 4.74 Å². The van der Waals surface area contributed by atoms with Crippen LogP contribution in [0.15, 0.2) is 30.9 Å². The largest absolute Gasteiger partial charge is 0.497 e. The van der Waals surface area contributed by atoms with Crippen molar-refractivity contribution < 1.29 is 9.53 Å². The first kappa shape index (κ1) is 10.9. The van der Waals surface area contributed by atoms with Gasteiger partial charge in [0, 0.05) is 12.3 Å². The van der Waals surface area contributed by atoms with Crippen LogP contribution in [0.3, 0.4) is 0 Å². The fourth-order valence-electron chi connectivity index (χ4n) is 2.28. The van der Waals surface area contributed by atoms with Gasteiger partial charge in [-0.05, 0) is 36.1 Å². The van der Waals surface area contributed by atoms with Crippen molar-refractivity contribution in [3.05, 3.63) is 42.0 Å². The number of aryl methyl sites for hydroxylation is 1. The molecule has 0 aromatic heterocycles. The number of Topliss-reactive ketones (excluding diaryl/α,β-unsaturated/α-hetero) is 1. The lowest BCUT2D eigenvalue weighted by Crippen LogP contribution is -2.20. The topological polar surface area (TPSA) is 26.3 Å². The van der Waals surface area contributed by atoms with Gasteiger partial charge in [0.25, 0.3) is 0 Å². The van der Waals surface area contributed by atoms with Crippen molar-refractivity contribution in [2.45, 2.75) is 25.2 Å². The summed E-state index contributed by atoms with van der Waals surface area (Å²) in [5, 5.41) is 0. The molecule has 0 N–H and O–H groups in total. The van der Waals surface area contributed by atoms with Crippen LogP contribution >= 0.6 is 0 Å². The molecule has 0 spiro atoms. The summed E-state index contributed by atoms with van der Waals surface area (Å²) >= 11 is 0. The average Bonchev–Trinajstić information content (AvgIpc) is 2.32. The van der Waals surface area contributed by atoms with E-state index in [1.165, 1.54) is 5.56 Å². The minimum Gasteiger partial charge on any atom is -0.497 e. The molecular weight excluding hydrogens is 200 g/mol. The first-order valence-electron chi connectivity index (χ1n) is 5.56. The quantitative estimate of drug-likeness (QED) is 0.726. The molecule has 0 amide bonds. The summed E-state index contributed by atoms with van der Waals surface area (Å²) in [5.74, 6) is 1.12. The number of rotatable bonds is 3. The monoisotopic (exact) mass is 216 g/mol. The van der Waals surface area contributed by atoms with Gasteiger partial charge in [0.2, 0.25) is 0 Å². The summed E-state index contributed by atoms with van der Waals surface area (Å²) in [7, 11) is 1.65. The standard InChI is InChI=1S/C14H16O2/c1-3-4-12-13-9-11(16-2)7-5-10(13)6-8-14(12)15/h3,5,7,9,12H,1,4,6,8H2,2H3. The maximum Gasteiger partial charge on any atom is 0.140 e. The third kappa shape index (κ3) is 1.87. The molecule has 2 rings (SSSR count). The Kier molecular flexibility index (Phi) is 3.09. The van der Waals surface area contributed by atoms with E-state index in [1.807, 2.05) is 18.2 Å². The van der Waals surface area contributed by atoms with Crippen molar-refractivity contribution in [1.29, 1.82) is 0 Å². The second-order valence-corrected chi connectivity index (χ2v) is 4.11. The van der Waals surface area contributed by atoms with Gasteiger partial charge in [-0.25, -0.2) is 0 Å². The van der Waals surface area contributed by atoms with Gasteiger partial charge in [0.15, 0.2) is 0 Å². The summed E-state index contributed by atoms with van der Waals surface area (Å²) in [6.07, 6.45) is 4.04. The zero-order chi connectivity index (χ0) is 11.5. The van der Waals surface area contributed by atoms with E-state index in [1.54, 1.807) is 7.11 Å². The lowest BCUT2D eigenvalue weighted by Gasteiger charge is -2.23. The van der Waals surface area contributed by atoms with Crippen molar-refractivity contribution >= 4 is 5.78 Å². The number of ether oxygens (including phenoxy) is 1. The molecule has 0 heterocycles. The Bertz CT molecular complexity index is 421. The van der Waals surface area contributed by atoms with E-state index in [-0.39, 0.29) is 5.92 Å². The van der Waals surface area contributed by atoms with Gasteiger partial charge in [-0.15, -0.1) is 6.58 Å². The molecule has 0 aliphatic heterocycles. The van der Waals surface area contributed by atoms with E-state index in [0.717, 1.165) is 24.2 Å². The van der Waals surface area contributed by atoms with E-state index in [2.05, 4.69) is 12.6 Å². The van der Waals surface area contributed by atoms with Gasteiger partial charge in [-0.2, -0.15) is 0 Å². The number of ketones is 1. The van der Waals surface area contributed by atoms with Gasteiger partial charge in [-0.1, -0.05) is 12.1 Å². The number of allylic oxidation sites excluding steroid dienone is 1. The Morgan fingerprint density at radius 1 is 1.50 bits per heavy atom. The Labute approximate surface area is 95.9 Å². The van der Waals surface area contributed by atoms with Gasteiger partial charge < -0.3 is 4.74 Å². The van der Waals surface area contributed by atoms with Crippen molar-refractivity contribution in [3.63, 3.8) is 0 Å².